The molecule has 0 saturated carbocycles. The number of hydrogen-bond donors (Lipinski definition) is 3. The third kappa shape index (κ3) is 8.04. The number of nitrogens with one attached hydrogen (secondary N) is 3. The van der Waals surface area contributed by atoms with Crippen molar-refractivity contribution in [1.82, 2.24) is 0 Å². The van der Waals surface area contributed by atoms with Gasteiger partial charge in [-0.25, -0.2) is 0 Å². The van der Waals surface area contributed by atoms with Gasteiger partial charge < -0.3 is 25.3 Å². The van der Waals surface area contributed by atoms with E-state index in [4.69, 9.17) is 44.1 Å². The quantitative estimate of drug-likeness (QED) is 0.214. The van der Waals surface area contributed by atoms with E-state index in [1.807, 2.05) is 52.0 Å². The predicted molar refractivity (Wildman–Crippen MR) is 196 cm³/mol. The molecule has 7 rings (SSSR count). The highest BCUT2D eigenvalue weighted by molar-refractivity contribution is 9.11. The predicted octanol–water partition coefficient (Wildman–Crippen LogP) is 8.50. The topological polar surface area (TPSA) is 106 Å². The summed E-state index contributed by atoms with van der Waals surface area (Å²) >= 11 is 24.9. The van der Waals surface area contributed by atoms with Gasteiger partial charge in [-0.2, -0.15) is 0 Å². The van der Waals surface area contributed by atoms with Crippen LogP contribution in [0.1, 0.15) is 63.6 Å². The number of halogens is 5. The van der Waals surface area contributed by atoms with Crippen molar-refractivity contribution in [3.8, 4) is 0 Å². The average molecular weight is 829 g/mol. The first-order valence-corrected chi connectivity index (χ1v) is 17.8. The van der Waals surface area contributed by atoms with Crippen LogP contribution in [-0.4, -0.2) is 36.0 Å². The molecule has 0 radical (unpaired) electrons. The van der Waals surface area contributed by atoms with Gasteiger partial charge in [-0.15, -0.1) is 0 Å². The summed E-state index contributed by atoms with van der Waals surface area (Å²) in [6.07, 6.45) is 3.72. The van der Waals surface area contributed by atoms with Gasteiger partial charge in [-0.1, -0.05) is 34.8 Å². The summed E-state index contributed by atoms with van der Waals surface area (Å²) in [7, 11) is -0.507. The van der Waals surface area contributed by atoms with Crippen molar-refractivity contribution in [3.05, 3.63) is 77.1 Å². The number of amides is 3. The molecule has 0 unspecified atom stereocenters. The van der Waals surface area contributed by atoms with Gasteiger partial charge in [-0.05, 0) is 132 Å². The third-order valence-corrected chi connectivity index (χ3v) is 11.8. The lowest BCUT2D eigenvalue weighted by atomic mass is 9.73. The second-order valence-corrected chi connectivity index (χ2v) is 15.4. The fourth-order valence-electron chi connectivity index (χ4n) is 5.47. The monoisotopic (exact) mass is 825 g/mol. The fraction of sp³-hybridized carbons (Fsp3) is 0.364. The zero-order valence-corrected chi connectivity index (χ0v) is 31.7. The molecule has 0 aliphatic carbocycles. The Labute approximate surface area is 306 Å². The van der Waals surface area contributed by atoms with Gasteiger partial charge in [0.2, 0.25) is 17.7 Å². The molecule has 3 N–H and O–H groups in total. The van der Waals surface area contributed by atoms with Crippen molar-refractivity contribution < 1.29 is 23.7 Å². The molecule has 3 amide bonds. The van der Waals surface area contributed by atoms with Crippen LogP contribution in [0, 0.1) is 0 Å². The number of carbonyl (C=O) groups is 3. The van der Waals surface area contributed by atoms with Crippen LogP contribution < -0.4 is 21.4 Å². The highest BCUT2D eigenvalue weighted by Gasteiger charge is 2.53. The van der Waals surface area contributed by atoms with Gasteiger partial charge in [0.15, 0.2) is 0 Å². The lowest BCUT2D eigenvalue weighted by molar-refractivity contribution is -0.117. The standard InChI is InChI=1S/C15H19BClNO3.2C9H7BrClNO/c1-14(2)15(3,4)21-16(20-14)13-9-5-8-12(19)18-11(9)7-6-10(13)17;10-9-5-1-4-8(13)12-7(5)3-2-6(9)11;10-6-4-8-5(3-7(6)11)1-2-9(13)12-8/h6-7H,5,8H2,1-4H3,(H,18,19);2-3H,1,4H2,(H,12,13);3-4H,1-2H2,(H,12,13). The van der Waals surface area contributed by atoms with Gasteiger partial charge in [0, 0.05) is 55.8 Å². The normalized spacial score (nSPS) is 18.6. The number of hydrogen-bond acceptors (Lipinski definition) is 5. The minimum atomic E-state index is -0.507. The summed E-state index contributed by atoms with van der Waals surface area (Å²) in [5, 5.41) is 10.5. The molecule has 4 heterocycles. The maximum absolute atomic E-state index is 11.5. The molecule has 1 fully saturated rings. The van der Waals surface area contributed by atoms with Crippen molar-refractivity contribution in [3.63, 3.8) is 0 Å². The second-order valence-electron chi connectivity index (χ2n) is 12.5. The first-order chi connectivity index (χ1) is 22.1. The van der Waals surface area contributed by atoms with Gasteiger partial charge in [0.05, 0.1) is 21.2 Å². The maximum Gasteiger partial charge on any atom is 0.496 e. The van der Waals surface area contributed by atoms with Gasteiger partial charge in [0.1, 0.15) is 0 Å². The molecule has 0 bridgehead atoms. The summed E-state index contributed by atoms with van der Waals surface area (Å²) in [5.74, 6) is 0.174. The molecule has 3 aromatic carbocycles. The zero-order valence-electron chi connectivity index (χ0n) is 26.2. The molecule has 14 heteroatoms. The van der Waals surface area contributed by atoms with Crippen LogP contribution in [-0.2, 0) is 43.0 Å². The van der Waals surface area contributed by atoms with Crippen molar-refractivity contribution >= 4 is 114 Å². The molecule has 248 valence electrons. The number of carbonyl (C=O) groups excluding carboxylic acids is 3. The van der Waals surface area contributed by atoms with Gasteiger partial charge in [0.25, 0.3) is 0 Å². The van der Waals surface area contributed by atoms with E-state index in [0.29, 0.717) is 40.8 Å². The summed E-state index contributed by atoms with van der Waals surface area (Å²) in [5.41, 5.74) is 5.76. The molecule has 8 nitrogen and oxygen atoms in total. The molecule has 0 atom stereocenters. The van der Waals surface area contributed by atoms with E-state index < -0.39 is 18.3 Å². The highest BCUT2D eigenvalue weighted by Crippen LogP contribution is 2.39. The Kier molecular flexibility index (Phi) is 11.1. The number of rotatable bonds is 1. The van der Waals surface area contributed by atoms with Gasteiger partial charge >= 0.3 is 7.12 Å². The lowest BCUT2D eigenvalue weighted by Gasteiger charge is -2.32. The van der Waals surface area contributed by atoms with E-state index in [2.05, 4.69) is 47.8 Å². The van der Waals surface area contributed by atoms with Crippen LogP contribution in [0.4, 0.5) is 17.1 Å². The molecule has 47 heavy (non-hydrogen) atoms. The van der Waals surface area contributed by atoms with Crippen molar-refractivity contribution in [2.45, 2.75) is 77.4 Å². The van der Waals surface area contributed by atoms with Crippen LogP contribution in [0.2, 0.25) is 15.1 Å². The summed E-state index contributed by atoms with van der Waals surface area (Å²) in [4.78, 5) is 33.7. The van der Waals surface area contributed by atoms with E-state index in [9.17, 15) is 14.4 Å². The summed E-state index contributed by atoms with van der Waals surface area (Å²) < 4.78 is 13.9. The lowest BCUT2D eigenvalue weighted by Crippen LogP contribution is -2.41. The largest absolute Gasteiger partial charge is 0.496 e. The highest BCUT2D eigenvalue weighted by atomic mass is 79.9. The molecule has 4 aliphatic rings. The molecular formula is C33H33BBr2Cl3N3O5. The van der Waals surface area contributed by atoms with Crippen molar-refractivity contribution in [2.75, 3.05) is 16.0 Å². The van der Waals surface area contributed by atoms with Crippen molar-refractivity contribution in [1.29, 1.82) is 0 Å². The van der Waals surface area contributed by atoms with Crippen LogP contribution in [0.5, 0.6) is 0 Å². The Bertz CT molecular complexity index is 1750. The molecule has 0 spiro atoms. The number of benzene rings is 3. The molecule has 3 aromatic rings. The van der Waals surface area contributed by atoms with E-state index in [-0.39, 0.29) is 17.7 Å². The van der Waals surface area contributed by atoms with E-state index in [1.165, 1.54) is 0 Å². The van der Waals surface area contributed by atoms with Crippen molar-refractivity contribution in [2.24, 2.45) is 0 Å². The van der Waals surface area contributed by atoms with E-state index in [1.54, 1.807) is 12.1 Å². The Morgan fingerprint density at radius 3 is 1.72 bits per heavy atom. The first-order valence-electron chi connectivity index (χ1n) is 15.1. The Balaban J connectivity index is 0.000000145. The number of fused-ring (bicyclic) bond motifs is 3. The molecule has 0 aromatic heterocycles. The smallest absolute Gasteiger partial charge is 0.399 e. The van der Waals surface area contributed by atoms with Crippen LogP contribution in [0.15, 0.2) is 45.3 Å². The molecule has 4 aliphatic heterocycles. The Morgan fingerprint density at radius 2 is 1.13 bits per heavy atom. The van der Waals surface area contributed by atoms with Gasteiger partial charge in [-0.3, -0.25) is 14.4 Å². The zero-order chi connectivity index (χ0) is 34.3. The Hall–Kier alpha value is -2.12. The van der Waals surface area contributed by atoms with Crippen LogP contribution in [0.3, 0.4) is 0 Å². The Morgan fingerprint density at radius 1 is 0.638 bits per heavy atom. The second kappa shape index (κ2) is 14.4. The SMILES string of the molecule is CC1(C)OB(c2c(Cl)ccc3c2CCC(=O)N3)OC1(C)C.O=C1CCc2c(ccc(Cl)c2Br)N1.O=C1CCc2cc(Cl)c(Br)cc2N1. The van der Waals surface area contributed by atoms with Crippen LogP contribution >= 0.6 is 66.7 Å². The summed E-state index contributed by atoms with van der Waals surface area (Å²) in [6.45, 7) is 8.05. The van der Waals surface area contributed by atoms with E-state index in [0.717, 1.165) is 61.0 Å². The molecular weight excluding hydrogens is 795 g/mol. The average Bonchev–Trinajstić information content (AvgIpc) is 3.22. The summed E-state index contributed by atoms with van der Waals surface area (Å²) in [6, 6.07) is 11.0. The minimum absolute atomic E-state index is 0.0321. The maximum atomic E-state index is 11.5. The molecule has 1 saturated heterocycles. The first kappa shape index (κ1) is 36.2. The number of anilines is 3. The van der Waals surface area contributed by atoms with Crippen LogP contribution in [0.25, 0.3) is 0 Å². The fourth-order valence-corrected chi connectivity index (χ4v) is 6.98. The third-order valence-electron chi connectivity index (χ3n) is 8.78. The number of aryl methyl sites for hydroxylation is 1. The van der Waals surface area contributed by atoms with E-state index >= 15 is 0 Å². The minimum Gasteiger partial charge on any atom is -0.399 e.